The number of nitrogens with zero attached hydrogens (tertiary/aromatic N) is 4. The van der Waals surface area contributed by atoms with Gasteiger partial charge in [0.05, 0.1) is 19.0 Å². The second-order valence-corrected chi connectivity index (χ2v) is 13.9. The van der Waals surface area contributed by atoms with E-state index in [1.807, 2.05) is 47.3 Å². The molecule has 7 nitrogen and oxygen atoms in total. The monoisotopic (exact) mass is 719 g/mol. The van der Waals surface area contributed by atoms with Crippen LogP contribution < -0.4 is 5.32 Å². The second kappa shape index (κ2) is 15.1. The van der Waals surface area contributed by atoms with Gasteiger partial charge in [0.25, 0.3) is 0 Å². The lowest BCUT2D eigenvalue weighted by Crippen LogP contribution is -2.38. The quantitative estimate of drug-likeness (QED) is 0.127. The number of aromatic nitrogens is 4. The zero-order valence-corrected chi connectivity index (χ0v) is 30.4. The van der Waals surface area contributed by atoms with Crippen molar-refractivity contribution in [1.29, 1.82) is 0 Å². The molecular formula is C48H41N5O2. The molecule has 0 amide bonds. The molecule has 1 N–H and O–H groups in total. The number of anilines is 1. The Hall–Kier alpha value is -6.41. The Bertz CT molecular complexity index is 2250. The largest absolute Gasteiger partial charge is 0.358 e. The van der Waals surface area contributed by atoms with Crippen LogP contribution in [0.1, 0.15) is 52.5 Å². The maximum Gasteiger partial charge on any atom is 0.167 e. The van der Waals surface area contributed by atoms with Gasteiger partial charge < -0.3 is 14.8 Å². The van der Waals surface area contributed by atoms with E-state index in [1.54, 1.807) is 6.33 Å². The van der Waals surface area contributed by atoms with Crippen LogP contribution in [0.4, 0.5) is 5.82 Å². The van der Waals surface area contributed by atoms with Gasteiger partial charge in [-0.1, -0.05) is 182 Å². The molecule has 0 spiro atoms. The molecule has 0 radical (unpaired) electrons. The molecule has 0 bridgehead atoms. The van der Waals surface area contributed by atoms with E-state index in [-0.39, 0.29) is 12.3 Å². The highest BCUT2D eigenvalue weighted by molar-refractivity contribution is 5.84. The topological polar surface area (TPSA) is 74.1 Å². The summed E-state index contributed by atoms with van der Waals surface area (Å²) in [6.07, 6.45) is 4.66. The summed E-state index contributed by atoms with van der Waals surface area (Å²) in [5.41, 5.74) is 6.25. The molecular weight excluding hydrogens is 679 g/mol. The molecule has 2 unspecified atom stereocenters. The zero-order chi connectivity index (χ0) is 36.9. The molecule has 0 saturated carbocycles. The van der Waals surface area contributed by atoms with Crippen molar-refractivity contribution in [3.05, 3.63) is 228 Å². The van der Waals surface area contributed by atoms with E-state index in [1.165, 1.54) is 0 Å². The molecule has 2 atom stereocenters. The van der Waals surface area contributed by atoms with Crippen LogP contribution >= 0.6 is 0 Å². The molecule has 9 rings (SSSR count). The smallest absolute Gasteiger partial charge is 0.167 e. The van der Waals surface area contributed by atoms with Gasteiger partial charge in [-0.05, 0) is 46.2 Å². The van der Waals surface area contributed by atoms with Gasteiger partial charge in [-0.2, -0.15) is 0 Å². The highest BCUT2D eigenvalue weighted by Gasteiger charge is 2.40. The number of imidazole rings is 1. The maximum absolute atomic E-state index is 7.14. The first-order valence-corrected chi connectivity index (χ1v) is 18.8. The summed E-state index contributed by atoms with van der Waals surface area (Å²) in [7, 11) is 0. The van der Waals surface area contributed by atoms with Crippen LogP contribution in [0.3, 0.4) is 0 Å². The summed E-state index contributed by atoms with van der Waals surface area (Å²) in [6, 6.07) is 62.9. The standard InChI is InChI=1S/C48H41N5O2/c1-7-19-36(20-8-1)47(37-21-9-2-10-22-37,38-23-11-3-12-24-38)52-45-44-46(50-34-49-45)53(35-51-44)43-32-31-42(55-43)33-54-48(39-25-13-4-14-26-39,40-27-15-5-16-28-40)41-29-17-6-18-30-41/h1-30,34-35,42-43H,31-33H2,(H,49,50,52). The Morgan fingerprint density at radius 3 is 1.44 bits per heavy atom. The lowest BCUT2D eigenvalue weighted by Gasteiger charge is -2.37. The number of hydrogen-bond donors (Lipinski definition) is 1. The summed E-state index contributed by atoms with van der Waals surface area (Å²) in [5.74, 6) is 0.636. The Labute approximate surface area is 321 Å². The van der Waals surface area contributed by atoms with Crippen molar-refractivity contribution in [2.45, 2.75) is 36.3 Å². The SMILES string of the molecule is c1ccc(C(Nc2ncnc3c2ncn3C2CCC(COC(c3ccccc3)(c3ccccc3)c3ccccc3)O2)(c2ccccc2)c2ccccc2)cc1. The van der Waals surface area contributed by atoms with E-state index < -0.39 is 11.1 Å². The maximum atomic E-state index is 7.14. The Balaban J connectivity index is 1.03. The molecule has 8 aromatic rings. The van der Waals surface area contributed by atoms with Gasteiger partial charge in [-0.25, -0.2) is 15.0 Å². The average Bonchev–Trinajstić information content (AvgIpc) is 3.93. The predicted octanol–water partition coefficient (Wildman–Crippen LogP) is 9.92. The van der Waals surface area contributed by atoms with Gasteiger partial charge >= 0.3 is 0 Å². The van der Waals surface area contributed by atoms with Crippen molar-refractivity contribution in [3.8, 4) is 0 Å². The van der Waals surface area contributed by atoms with Crippen LogP contribution in [0.2, 0.25) is 0 Å². The fourth-order valence-corrected chi connectivity index (χ4v) is 8.11. The molecule has 270 valence electrons. The Morgan fingerprint density at radius 1 is 0.545 bits per heavy atom. The van der Waals surface area contributed by atoms with Crippen LogP contribution in [-0.4, -0.2) is 32.2 Å². The molecule has 1 fully saturated rings. The summed E-state index contributed by atoms with van der Waals surface area (Å²) in [4.78, 5) is 14.5. The van der Waals surface area contributed by atoms with Crippen molar-refractivity contribution < 1.29 is 9.47 Å². The third-order valence-corrected chi connectivity index (χ3v) is 10.7. The molecule has 6 aromatic carbocycles. The first-order valence-electron chi connectivity index (χ1n) is 18.8. The first-order chi connectivity index (χ1) is 27.3. The predicted molar refractivity (Wildman–Crippen MR) is 216 cm³/mol. The third kappa shape index (κ3) is 6.37. The minimum absolute atomic E-state index is 0.140. The van der Waals surface area contributed by atoms with E-state index in [2.05, 4.69) is 151 Å². The summed E-state index contributed by atoms with van der Waals surface area (Å²) >= 11 is 0. The molecule has 1 saturated heterocycles. The number of ether oxygens (including phenoxy) is 2. The van der Waals surface area contributed by atoms with Gasteiger partial charge in [0.2, 0.25) is 0 Å². The molecule has 7 heteroatoms. The van der Waals surface area contributed by atoms with E-state index in [9.17, 15) is 0 Å². The molecule has 3 heterocycles. The number of nitrogens with one attached hydrogen (secondary N) is 1. The normalized spacial score (nSPS) is 15.9. The van der Waals surface area contributed by atoms with Crippen molar-refractivity contribution in [2.75, 3.05) is 11.9 Å². The number of fused-ring (bicyclic) bond motifs is 1. The van der Waals surface area contributed by atoms with Crippen LogP contribution in [0.25, 0.3) is 11.2 Å². The molecule has 2 aromatic heterocycles. The van der Waals surface area contributed by atoms with Crippen LogP contribution in [-0.2, 0) is 20.6 Å². The fraction of sp³-hybridized carbons (Fsp3) is 0.146. The molecule has 1 aliphatic rings. The molecule has 55 heavy (non-hydrogen) atoms. The van der Waals surface area contributed by atoms with Crippen LogP contribution in [0, 0.1) is 0 Å². The number of hydrogen-bond acceptors (Lipinski definition) is 6. The second-order valence-electron chi connectivity index (χ2n) is 13.9. The number of benzene rings is 6. The van der Waals surface area contributed by atoms with Gasteiger partial charge in [0.15, 0.2) is 17.0 Å². The summed E-state index contributed by atoms with van der Waals surface area (Å²) in [5, 5.41) is 3.89. The fourth-order valence-electron chi connectivity index (χ4n) is 8.11. The van der Waals surface area contributed by atoms with Gasteiger partial charge in [0, 0.05) is 0 Å². The van der Waals surface area contributed by atoms with Crippen LogP contribution in [0.5, 0.6) is 0 Å². The van der Waals surface area contributed by atoms with E-state index in [4.69, 9.17) is 24.4 Å². The summed E-state index contributed by atoms with van der Waals surface area (Å²) < 4.78 is 16.0. The van der Waals surface area contributed by atoms with Gasteiger partial charge in [0.1, 0.15) is 23.7 Å². The Morgan fingerprint density at radius 2 is 0.982 bits per heavy atom. The lowest BCUT2D eigenvalue weighted by molar-refractivity contribution is -0.0756. The minimum atomic E-state index is -0.816. The van der Waals surface area contributed by atoms with E-state index in [0.29, 0.717) is 23.6 Å². The zero-order valence-electron chi connectivity index (χ0n) is 30.4. The Kier molecular flexibility index (Phi) is 9.46. The summed E-state index contributed by atoms with van der Waals surface area (Å²) in [6.45, 7) is 0.400. The minimum Gasteiger partial charge on any atom is -0.358 e. The third-order valence-electron chi connectivity index (χ3n) is 10.7. The molecule has 0 aliphatic carbocycles. The van der Waals surface area contributed by atoms with E-state index in [0.717, 1.165) is 46.2 Å². The van der Waals surface area contributed by atoms with Crippen molar-refractivity contribution >= 4 is 17.0 Å². The van der Waals surface area contributed by atoms with Gasteiger partial charge in [-0.15, -0.1) is 0 Å². The highest BCUT2D eigenvalue weighted by atomic mass is 16.6. The lowest BCUT2D eigenvalue weighted by atomic mass is 9.77. The van der Waals surface area contributed by atoms with Crippen molar-refractivity contribution in [1.82, 2.24) is 19.5 Å². The van der Waals surface area contributed by atoms with Crippen molar-refractivity contribution in [2.24, 2.45) is 0 Å². The van der Waals surface area contributed by atoms with Gasteiger partial charge in [-0.3, -0.25) is 4.57 Å². The van der Waals surface area contributed by atoms with Crippen molar-refractivity contribution in [3.63, 3.8) is 0 Å². The number of rotatable bonds is 12. The van der Waals surface area contributed by atoms with E-state index >= 15 is 0 Å². The average molecular weight is 720 g/mol. The highest BCUT2D eigenvalue weighted by Crippen LogP contribution is 2.43. The molecule has 1 aliphatic heterocycles. The van der Waals surface area contributed by atoms with Crippen LogP contribution in [0.15, 0.2) is 195 Å². The first kappa shape index (κ1) is 34.4.